The summed E-state index contributed by atoms with van der Waals surface area (Å²) in [5, 5.41) is 20.7. The molecule has 0 aliphatic carbocycles. The molecule has 1 aliphatic rings. The molecule has 0 bridgehead atoms. The Morgan fingerprint density at radius 2 is 2.10 bits per heavy atom. The molecule has 1 atom stereocenters. The summed E-state index contributed by atoms with van der Waals surface area (Å²) in [6, 6.07) is 9.33. The number of unbranched alkanes of at least 4 members (excludes halogenated alkanes) is 1. The Hall–Kier alpha value is -1.93. The monoisotopic (exact) mass is 293 g/mol. The molecule has 1 N–H and O–H groups in total. The van der Waals surface area contributed by atoms with Crippen molar-refractivity contribution in [3.05, 3.63) is 30.3 Å². The van der Waals surface area contributed by atoms with Crippen molar-refractivity contribution < 1.29 is 9.90 Å². The van der Waals surface area contributed by atoms with Gasteiger partial charge in [-0.05, 0) is 11.5 Å². The second-order valence-electron chi connectivity index (χ2n) is 4.34. The van der Waals surface area contributed by atoms with E-state index in [4.69, 9.17) is 17.9 Å². The lowest BCUT2D eigenvalue weighted by Gasteiger charge is -2.33. The third-order valence-corrected chi connectivity index (χ3v) is 3.35. The highest BCUT2D eigenvalue weighted by molar-refractivity contribution is 7.57. The van der Waals surface area contributed by atoms with E-state index in [1.165, 1.54) is 0 Å². The van der Waals surface area contributed by atoms with Crippen LogP contribution in [0.15, 0.2) is 45.9 Å². The van der Waals surface area contributed by atoms with E-state index in [-0.39, 0.29) is 10.6 Å². The van der Waals surface area contributed by atoms with Gasteiger partial charge in [-0.3, -0.25) is 0 Å². The van der Waals surface area contributed by atoms with Crippen LogP contribution in [0, 0.1) is 0 Å². The van der Waals surface area contributed by atoms with Crippen LogP contribution in [0.1, 0.15) is 19.8 Å². The SMILES string of the molecule is CCCC[N+]1(c2ccccc2)N=NN=C1N([S-])C(=O)O. The van der Waals surface area contributed by atoms with Gasteiger partial charge >= 0.3 is 12.1 Å². The molecule has 8 heteroatoms. The molecule has 1 aromatic carbocycles. The maximum absolute atomic E-state index is 11.1. The van der Waals surface area contributed by atoms with Gasteiger partial charge in [-0.2, -0.15) is 0 Å². The molecule has 1 amide bonds. The van der Waals surface area contributed by atoms with Gasteiger partial charge in [0.05, 0.1) is 5.22 Å². The van der Waals surface area contributed by atoms with Crippen LogP contribution in [-0.2, 0) is 12.8 Å². The molecular weight excluding hydrogens is 278 g/mol. The number of carbonyl (C=O) groups is 1. The van der Waals surface area contributed by atoms with Crippen molar-refractivity contribution in [3.8, 4) is 0 Å². The minimum Gasteiger partial charge on any atom is -0.648 e. The molecule has 0 fully saturated rings. The lowest BCUT2D eigenvalue weighted by molar-refractivity contribution is 0.184. The Bertz CT molecular complexity index is 548. The van der Waals surface area contributed by atoms with E-state index in [0.29, 0.717) is 10.8 Å². The number of rotatable bonds is 4. The Labute approximate surface area is 122 Å². The van der Waals surface area contributed by atoms with Gasteiger partial charge in [0.25, 0.3) is 0 Å². The van der Waals surface area contributed by atoms with Gasteiger partial charge in [-0.1, -0.05) is 36.1 Å². The van der Waals surface area contributed by atoms with E-state index in [1.807, 2.05) is 37.3 Å². The second-order valence-corrected chi connectivity index (χ2v) is 4.70. The van der Waals surface area contributed by atoms with Crippen LogP contribution >= 0.6 is 0 Å². The van der Waals surface area contributed by atoms with Crippen LogP contribution in [-0.4, -0.2) is 28.0 Å². The average Bonchev–Trinajstić information content (AvgIpc) is 2.90. The van der Waals surface area contributed by atoms with E-state index in [2.05, 4.69) is 15.5 Å². The number of carboxylic acid groups (broad SMARTS) is 1. The number of hydrogen-bond donors (Lipinski definition) is 1. The zero-order valence-corrected chi connectivity index (χ0v) is 11.8. The zero-order chi connectivity index (χ0) is 14.6. The van der Waals surface area contributed by atoms with Crippen molar-refractivity contribution in [2.75, 3.05) is 6.54 Å². The highest BCUT2D eigenvalue weighted by atomic mass is 32.1. The number of para-hydroxylation sites is 1. The van der Waals surface area contributed by atoms with Crippen molar-refractivity contribution in [1.29, 1.82) is 0 Å². The van der Waals surface area contributed by atoms with Gasteiger partial charge in [0, 0.05) is 17.4 Å². The van der Waals surface area contributed by atoms with Gasteiger partial charge in [0.2, 0.25) is 0 Å². The molecule has 0 spiro atoms. The first-order chi connectivity index (χ1) is 9.62. The van der Waals surface area contributed by atoms with Crippen LogP contribution < -0.4 is 4.59 Å². The number of hydrogen-bond acceptors (Lipinski definition) is 5. The summed E-state index contributed by atoms with van der Waals surface area (Å²) in [5.74, 6) is 0.118. The molecule has 1 unspecified atom stereocenters. The molecule has 1 aliphatic heterocycles. The smallest absolute Gasteiger partial charge is 0.394 e. The summed E-state index contributed by atoms with van der Waals surface area (Å²) in [4.78, 5) is 11.1. The van der Waals surface area contributed by atoms with Gasteiger partial charge in [-0.15, -0.1) is 0 Å². The molecular formula is C12H15N5O2S. The fourth-order valence-corrected chi connectivity index (χ4v) is 2.19. The van der Waals surface area contributed by atoms with Crippen molar-refractivity contribution in [2.24, 2.45) is 15.5 Å². The highest BCUT2D eigenvalue weighted by Crippen LogP contribution is 2.30. The van der Waals surface area contributed by atoms with Gasteiger partial charge in [0.15, 0.2) is 5.69 Å². The average molecular weight is 293 g/mol. The Morgan fingerprint density at radius 1 is 1.40 bits per heavy atom. The van der Waals surface area contributed by atoms with E-state index in [0.717, 1.165) is 18.5 Å². The topological polar surface area (TPSA) is 77.6 Å². The molecule has 0 radical (unpaired) electrons. The molecule has 1 heterocycles. The lowest BCUT2D eigenvalue weighted by Crippen LogP contribution is -2.55. The maximum Gasteiger partial charge on any atom is 0.394 e. The quantitative estimate of drug-likeness (QED) is 0.685. The molecule has 0 saturated carbocycles. The summed E-state index contributed by atoms with van der Waals surface area (Å²) >= 11 is 4.89. The zero-order valence-electron chi connectivity index (χ0n) is 11.0. The largest absolute Gasteiger partial charge is 0.648 e. The molecule has 20 heavy (non-hydrogen) atoms. The van der Waals surface area contributed by atoms with Crippen LogP contribution in [0.3, 0.4) is 0 Å². The predicted octanol–water partition coefficient (Wildman–Crippen LogP) is 2.89. The van der Waals surface area contributed by atoms with Gasteiger partial charge in [0.1, 0.15) is 6.54 Å². The number of amides is 1. The number of guanidine groups is 1. The molecule has 7 nitrogen and oxygen atoms in total. The summed E-state index contributed by atoms with van der Waals surface area (Å²) < 4.78 is 0.549. The van der Waals surface area contributed by atoms with E-state index < -0.39 is 6.09 Å². The number of benzene rings is 1. The Morgan fingerprint density at radius 3 is 2.70 bits per heavy atom. The summed E-state index contributed by atoms with van der Waals surface area (Å²) in [6.45, 7) is 2.61. The summed E-state index contributed by atoms with van der Waals surface area (Å²) in [6.07, 6.45) is 0.525. The minimum atomic E-state index is -1.26. The minimum absolute atomic E-state index is 0.107. The molecule has 0 saturated heterocycles. The van der Waals surface area contributed by atoms with Crippen LogP contribution in [0.5, 0.6) is 0 Å². The van der Waals surface area contributed by atoms with Crippen LogP contribution in [0.4, 0.5) is 10.5 Å². The third kappa shape index (κ3) is 2.52. The highest BCUT2D eigenvalue weighted by Gasteiger charge is 2.44. The Balaban J connectivity index is 2.45. The lowest BCUT2D eigenvalue weighted by atomic mass is 10.2. The molecule has 1 aromatic rings. The first kappa shape index (κ1) is 14.5. The third-order valence-electron chi connectivity index (χ3n) is 3.03. The second kappa shape index (κ2) is 6.02. The first-order valence-corrected chi connectivity index (χ1v) is 6.63. The van der Waals surface area contributed by atoms with Crippen molar-refractivity contribution >= 4 is 30.6 Å². The first-order valence-electron chi connectivity index (χ1n) is 6.26. The summed E-state index contributed by atoms with van der Waals surface area (Å²) in [5.41, 5.74) is 0.789. The van der Waals surface area contributed by atoms with Crippen LogP contribution in [0.25, 0.3) is 0 Å². The van der Waals surface area contributed by atoms with Crippen molar-refractivity contribution in [3.63, 3.8) is 0 Å². The molecule has 106 valence electrons. The normalized spacial score (nSPS) is 20.8. The van der Waals surface area contributed by atoms with E-state index >= 15 is 0 Å². The fraction of sp³-hybridized carbons (Fsp3) is 0.333. The van der Waals surface area contributed by atoms with Crippen LogP contribution in [0.2, 0.25) is 0 Å². The van der Waals surface area contributed by atoms with E-state index in [9.17, 15) is 4.79 Å². The Kier molecular flexibility index (Phi) is 4.35. The molecule has 0 aromatic heterocycles. The van der Waals surface area contributed by atoms with Gasteiger partial charge < -0.3 is 22.2 Å². The van der Waals surface area contributed by atoms with Gasteiger partial charge in [-0.25, -0.2) is 4.79 Å². The number of nitrogens with zero attached hydrogens (tertiary/aromatic N) is 5. The standard InChI is InChI=1S/C12H15N5O2S/c1-2-3-9-17(10-7-5-4-6-8-10)11(13-14-15-17)16(20)12(18)19/h4-8H,2-3,9H2,1H3,(H,18,19). The van der Waals surface area contributed by atoms with Crippen molar-refractivity contribution in [1.82, 2.24) is 8.90 Å². The molecule has 2 rings (SSSR count). The van der Waals surface area contributed by atoms with E-state index in [1.54, 1.807) is 0 Å². The van der Waals surface area contributed by atoms with Crippen molar-refractivity contribution in [2.45, 2.75) is 19.8 Å². The number of quaternary nitrogens is 1. The maximum atomic E-state index is 11.1. The fourth-order valence-electron chi connectivity index (χ4n) is 2.02. The predicted molar refractivity (Wildman–Crippen MR) is 77.5 cm³/mol. The summed E-state index contributed by atoms with van der Waals surface area (Å²) in [7, 11) is 0.